The second kappa shape index (κ2) is 8.67. The summed E-state index contributed by atoms with van der Waals surface area (Å²) in [5, 5.41) is 11.3. The summed E-state index contributed by atoms with van der Waals surface area (Å²) in [5.41, 5.74) is 1.59. The van der Waals surface area contributed by atoms with Gasteiger partial charge >= 0.3 is 0 Å². The normalized spacial score (nSPS) is 10.3. The van der Waals surface area contributed by atoms with Crippen molar-refractivity contribution in [2.45, 2.75) is 52.4 Å². The van der Waals surface area contributed by atoms with Gasteiger partial charge in [-0.1, -0.05) is 39.5 Å². The molecule has 0 saturated carbocycles. The molecule has 0 bridgehead atoms. The molecule has 0 aliphatic carbocycles. The first-order valence-corrected chi connectivity index (χ1v) is 7.06. The molecule has 0 saturated heterocycles. The molecule has 100 valence electrons. The molecule has 0 aliphatic rings. The van der Waals surface area contributed by atoms with Crippen molar-refractivity contribution < 1.29 is 0 Å². The zero-order valence-corrected chi connectivity index (χ0v) is 11.6. The molecule has 1 heterocycles. The van der Waals surface area contributed by atoms with Gasteiger partial charge in [0.25, 0.3) is 0 Å². The maximum absolute atomic E-state index is 7.91. The highest BCUT2D eigenvalue weighted by atomic mass is 15.0. The Morgan fingerprint density at radius 2 is 2.00 bits per heavy atom. The van der Waals surface area contributed by atoms with Crippen molar-refractivity contribution >= 4 is 11.5 Å². The summed E-state index contributed by atoms with van der Waals surface area (Å²) in [4.78, 5) is 4.33. The lowest BCUT2D eigenvalue weighted by atomic mass is 10.1. The molecular formula is C15H25N3. The van der Waals surface area contributed by atoms with Crippen molar-refractivity contribution in [3.63, 3.8) is 0 Å². The number of nitrogens with one attached hydrogen (secondary N) is 2. The summed E-state index contributed by atoms with van der Waals surface area (Å²) in [5.74, 6) is 0.861. The molecule has 3 nitrogen and oxygen atoms in total. The zero-order chi connectivity index (χ0) is 13.2. The van der Waals surface area contributed by atoms with E-state index in [2.05, 4.69) is 17.2 Å². The first kappa shape index (κ1) is 14.7. The van der Waals surface area contributed by atoms with E-state index in [0.29, 0.717) is 5.71 Å². The first-order valence-electron chi connectivity index (χ1n) is 7.06. The van der Waals surface area contributed by atoms with E-state index in [0.717, 1.165) is 24.3 Å². The highest BCUT2D eigenvalue weighted by Gasteiger charge is 2.06. The second-order valence-corrected chi connectivity index (χ2v) is 4.57. The molecule has 2 N–H and O–H groups in total. The Balaban J connectivity index is 2.39. The van der Waals surface area contributed by atoms with E-state index in [1.807, 2.05) is 19.1 Å². The average molecular weight is 247 g/mol. The number of hydrogen-bond acceptors (Lipinski definition) is 3. The third-order valence-corrected chi connectivity index (χ3v) is 3.06. The van der Waals surface area contributed by atoms with Crippen LogP contribution in [-0.2, 0) is 0 Å². The van der Waals surface area contributed by atoms with Crippen molar-refractivity contribution in [3.05, 3.63) is 23.9 Å². The molecule has 0 aromatic carbocycles. The van der Waals surface area contributed by atoms with Crippen molar-refractivity contribution in [1.29, 1.82) is 5.41 Å². The van der Waals surface area contributed by atoms with Gasteiger partial charge in [-0.15, -0.1) is 0 Å². The van der Waals surface area contributed by atoms with Crippen LogP contribution in [0.15, 0.2) is 18.3 Å². The Hall–Kier alpha value is -1.38. The SMILES string of the molecule is CCCCCCCNc1ncccc1C(=N)CC. The molecule has 3 heteroatoms. The van der Waals surface area contributed by atoms with Crippen LogP contribution in [0.2, 0.25) is 0 Å². The maximum atomic E-state index is 7.91. The lowest BCUT2D eigenvalue weighted by Crippen LogP contribution is -2.09. The Morgan fingerprint density at radius 3 is 2.72 bits per heavy atom. The second-order valence-electron chi connectivity index (χ2n) is 4.57. The van der Waals surface area contributed by atoms with E-state index < -0.39 is 0 Å². The Morgan fingerprint density at radius 1 is 1.22 bits per heavy atom. The third-order valence-electron chi connectivity index (χ3n) is 3.06. The lowest BCUT2D eigenvalue weighted by Gasteiger charge is -2.10. The van der Waals surface area contributed by atoms with Crippen LogP contribution in [0, 0.1) is 5.41 Å². The lowest BCUT2D eigenvalue weighted by molar-refractivity contribution is 0.644. The first-order chi connectivity index (χ1) is 8.79. The summed E-state index contributed by atoms with van der Waals surface area (Å²) < 4.78 is 0. The number of nitrogens with zero attached hydrogens (tertiary/aromatic N) is 1. The minimum atomic E-state index is 0.650. The topological polar surface area (TPSA) is 48.8 Å². The molecule has 0 radical (unpaired) electrons. The number of unbranched alkanes of at least 4 members (excludes halogenated alkanes) is 4. The van der Waals surface area contributed by atoms with Gasteiger partial charge in [-0.2, -0.15) is 0 Å². The highest BCUT2D eigenvalue weighted by Crippen LogP contribution is 2.14. The minimum Gasteiger partial charge on any atom is -0.370 e. The van der Waals surface area contributed by atoms with Gasteiger partial charge in [0.05, 0.1) is 0 Å². The molecule has 1 aromatic rings. The quantitative estimate of drug-likeness (QED) is 0.506. The zero-order valence-electron chi connectivity index (χ0n) is 11.6. The van der Waals surface area contributed by atoms with Gasteiger partial charge in [-0.3, -0.25) is 0 Å². The summed E-state index contributed by atoms with van der Waals surface area (Å²) in [6.07, 6.45) is 8.91. The molecule has 0 spiro atoms. The maximum Gasteiger partial charge on any atom is 0.135 e. The summed E-state index contributed by atoms with van der Waals surface area (Å²) in [6.45, 7) is 5.18. The van der Waals surface area contributed by atoms with Crippen LogP contribution in [0.5, 0.6) is 0 Å². The number of aromatic nitrogens is 1. The standard InChI is InChI=1S/C15H25N3/c1-3-5-6-7-8-11-17-15-13(14(16)4-2)10-9-12-18-15/h9-10,12,16H,3-8,11H2,1-2H3,(H,17,18). The van der Waals surface area contributed by atoms with Gasteiger partial charge in [0.2, 0.25) is 0 Å². The monoisotopic (exact) mass is 247 g/mol. The fourth-order valence-electron chi connectivity index (χ4n) is 1.92. The molecule has 0 amide bonds. The molecule has 0 atom stereocenters. The third kappa shape index (κ3) is 4.86. The van der Waals surface area contributed by atoms with Crippen LogP contribution in [0.25, 0.3) is 0 Å². The average Bonchev–Trinajstić information content (AvgIpc) is 2.42. The summed E-state index contributed by atoms with van der Waals surface area (Å²) in [7, 11) is 0. The fourth-order valence-corrected chi connectivity index (χ4v) is 1.92. The van der Waals surface area contributed by atoms with Gasteiger partial charge in [0.15, 0.2) is 0 Å². The number of anilines is 1. The van der Waals surface area contributed by atoms with Gasteiger partial charge in [-0.25, -0.2) is 4.98 Å². The van der Waals surface area contributed by atoms with Crippen LogP contribution >= 0.6 is 0 Å². The predicted molar refractivity (Wildman–Crippen MR) is 78.6 cm³/mol. The molecule has 0 unspecified atom stereocenters. The van der Waals surface area contributed by atoms with E-state index >= 15 is 0 Å². The fraction of sp³-hybridized carbons (Fsp3) is 0.600. The largest absolute Gasteiger partial charge is 0.370 e. The molecule has 18 heavy (non-hydrogen) atoms. The molecule has 0 aliphatic heterocycles. The van der Waals surface area contributed by atoms with Crippen molar-refractivity contribution in [1.82, 2.24) is 4.98 Å². The van der Waals surface area contributed by atoms with Crippen LogP contribution in [0.3, 0.4) is 0 Å². The van der Waals surface area contributed by atoms with E-state index in [1.54, 1.807) is 6.20 Å². The number of pyridine rings is 1. The summed E-state index contributed by atoms with van der Waals surface area (Å²) >= 11 is 0. The van der Waals surface area contributed by atoms with E-state index in [-0.39, 0.29) is 0 Å². The number of rotatable bonds is 9. The van der Waals surface area contributed by atoms with Crippen molar-refractivity contribution in [2.75, 3.05) is 11.9 Å². The van der Waals surface area contributed by atoms with Crippen LogP contribution in [-0.4, -0.2) is 17.2 Å². The van der Waals surface area contributed by atoms with Crippen molar-refractivity contribution in [2.24, 2.45) is 0 Å². The van der Waals surface area contributed by atoms with Crippen LogP contribution < -0.4 is 5.32 Å². The number of hydrogen-bond donors (Lipinski definition) is 2. The van der Waals surface area contributed by atoms with Gasteiger partial charge in [0.1, 0.15) is 5.82 Å². The Labute approximate surface area is 111 Å². The summed E-state index contributed by atoms with van der Waals surface area (Å²) in [6, 6.07) is 3.87. The van der Waals surface area contributed by atoms with E-state index in [9.17, 15) is 0 Å². The van der Waals surface area contributed by atoms with Crippen molar-refractivity contribution in [3.8, 4) is 0 Å². The Kier molecular flexibility index (Phi) is 7.07. The Bertz CT molecular complexity index is 361. The molecular weight excluding hydrogens is 222 g/mol. The van der Waals surface area contributed by atoms with Gasteiger partial charge in [-0.05, 0) is 25.0 Å². The predicted octanol–water partition coefficient (Wildman–Crippen LogP) is 4.24. The van der Waals surface area contributed by atoms with Gasteiger partial charge < -0.3 is 10.7 Å². The highest BCUT2D eigenvalue weighted by molar-refractivity contribution is 6.01. The van der Waals surface area contributed by atoms with E-state index in [4.69, 9.17) is 5.41 Å². The van der Waals surface area contributed by atoms with Crippen LogP contribution in [0.1, 0.15) is 57.9 Å². The molecule has 1 aromatic heterocycles. The molecule has 1 rings (SSSR count). The van der Waals surface area contributed by atoms with Crippen LogP contribution in [0.4, 0.5) is 5.82 Å². The van der Waals surface area contributed by atoms with Gasteiger partial charge in [0, 0.05) is 24.0 Å². The molecule has 0 fully saturated rings. The van der Waals surface area contributed by atoms with E-state index in [1.165, 1.54) is 32.1 Å². The smallest absolute Gasteiger partial charge is 0.135 e. The minimum absolute atomic E-state index is 0.650.